The third kappa shape index (κ3) is 5.02. The summed E-state index contributed by atoms with van der Waals surface area (Å²) in [6.45, 7) is 4.31. The second-order valence-corrected chi connectivity index (χ2v) is 10.5. The van der Waals surface area contributed by atoms with E-state index in [1.54, 1.807) is 0 Å². The molecule has 1 heterocycles. The number of aromatic amines is 1. The van der Waals surface area contributed by atoms with Crippen molar-refractivity contribution in [3.8, 4) is 0 Å². The summed E-state index contributed by atoms with van der Waals surface area (Å²) < 4.78 is 0. The molecular weight excluding hydrogens is 437 g/mol. The van der Waals surface area contributed by atoms with Gasteiger partial charge in [0.25, 0.3) is 0 Å². The Hall–Kier alpha value is -1.52. The number of likely N-dealkylation sites (N-methyl/N-ethyl adjacent to an activating group) is 1. The molecule has 3 nitrogen and oxygen atoms in total. The van der Waals surface area contributed by atoms with Crippen molar-refractivity contribution in [2.24, 2.45) is 0 Å². The monoisotopic (exact) mass is 471 g/mol. The number of hydrogen-bond donors (Lipinski definition) is 1. The minimum absolute atomic E-state index is 0.247. The van der Waals surface area contributed by atoms with Gasteiger partial charge >= 0.3 is 0 Å². The maximum absolute atomic E-state index is 6.58. The van der Waals surface area contributed by atoms with Crippen molar-refractivity contribution in [2.45, 2.75) is 63.6 Å². The Kier molecular flexibility index (Phi) is 7.51. The molecule has 0 amide bonds. The first-order valence-corrected chi connectivity index (χ1v) is 12.6. The normalized spacial score (nSPS) is 21.7. The Morgan fingerprint density at radius 2 is 1.78 bits per heavy atom. The average molecular weight is 473 g/mol. The number of H-pyrrole nitrogens is 1. The van der Waals surface area contributed by atoms with E-state index in [9.17, 15) is 0 Å². The van der Waals surface area contributed by atoms with Crippen molar-refractivity contribution < 1.29 is 0 Å². The first kappa shape index (κ1) is 23.6. The molecule has 4 rings (SSSR count). The number of benzene rings is 2. The Morgan fingerprint density at radius 1 is 1.06 bits per heavy atom. The fourth-order valence-electron chi connectivity index (χ4n) is 5.54. The summed E-state index contributed by atoms with van der Waals surface area (Å²) in [4.78, 5) is 8.53. The maximum atomic E-state index is 6.58. The van der Waals surface area contributed by atoms with Crippen LogP contribution in [0.15, 0.2) is 48.7 Å². The molecule has 1 aliphatic rings. The Bertz CT molecular complexity index is 1020. The predicted molar refractivity (Wildman–Crippen MR) is 138 cm³/mol. The summed E-state index contributed by atoms with van der Waals surface area (Å²) in [6, 6.07) is 15.4. The van der Waals surface area contributed by atoms with E-state index >= 15 is 0 Å². The number of halogens is 2. The molecule has 172 valence electrons. The van der Waals surface area contributed by atoms with Crippen molar-refractivity contribution in [3.63, 3.8) is 0 Å². The Labute approximate surface area is 202 Å². The van der Waals surface area contributed by atoms with E-state index in [2.05, 4.69) is 72.3 Å². The van der Waals surface area contributed by atoms with E-state index in [-0.39, 0.29) is 5.54 Å². The molecule has 0 saturated heterocycles. The molecule has 0 unspecified atom stereocenters. The van der Waals surface area contributed by atoms with Gasteiger partial charge in [-0.2, -0.15) is 0 Å². The standard InChI is InChI=1S/C27H35Cl2N3/c1-4-14-32(19-21-18-30-25-16-22(28)15-24(29)26(21)25)23-10-12-27(13-11-23,31(2)3)17-20-8-6-5-7-9-20/h5-9,15-16,18,23,30H,4,10-14,17,19H2,1-3H3. The Balaban J connectivity index is 1.50. The van der Waals surface area contributed by atoms with Crippen LogP contribution in [-0.2, 0) is 13.0 Å². The SMILES string of the molecule is CCCN(Cc1c[nH]c2cc(Cl)cc(Cl)c12)C1CCC(Cc2ccccc2)(N(C)C)CC1. The zero-order chi connectivity index (χ0) is 22.7. The first-order valence-electron chi connectivity index (χ1n) is 11.8. The molecule has 32 heavy (non-hydrogen) atoms. The summed E-state index contributed by atoms with van der Waals surface area (Å²) in [7, 11) is 4.51. The van der Waals surface area contributed by atoms with Gasteiger partial charge in [0.1, 0.15) is 0 Å². The van der Waals surface area contributed by atoms with E-state index < -0.39 is 0 Å². The third-order valence-corrected chi connectivity index (χ3v) is 7.91. The second kappa shape index (κ2) is 10.2. The topological polar surface area (TPSA) is 22.3 Å². The van der Waals surface area contributed by atoms with E-state index in [1.165, 1.54) is 36.8 Å². The average Bonchev–Trinajstić information content (AvgIpc) is 3.17. The van der Waals surface area contributed by atoms with Crippen molar-refractivity contribution in [2.75, 3.05) is 20.6 Å². The van der Waals surface area contributed by atoms with Crippen LogP contribution >= 0.6 is 23.2 Å². The quantitative estimate of drug-likeness (QED) is 0.375. The van der Waals surface area contributed by atoms with Gasteiger partial charge < -0.3 is 9.88 Å². The van der Waals surface area contributed by atoms with Crippen LogP contribution in [0.1, 0.15) is 50.2 Å². The lowest BCUT2D eigenvalue weighted by Gasteiger charge is -2.47. The molecule has 1 aliphatic carbocycles. The molecule has 1 saturated carbocycles. The Morgan fingerprint density at radius 3 is 2.44 bits per heavy atom. The van der Waals surface area contributed by atoms with E-state index in [0.29, 0.717) is 11.1 Å². The highest BCUT2D eigenvalue weighted by molar-refractivity contribution is 6.38. The molecule has 1 N–H and O–H groups in total. The molecule has 0 spiro atoms. The van der Waals surface area contributed by atoms with Gasteiger partial charge in [-0.1, -0.05) is 60.5 Å². The number of aromatic nitrogens is 1. The zero-order valence-corrected chi connectivity index (χ0v) is 21.0. The summed E-state index contributed by atoms with van der Waals surface area (Å²) >= 11 is 12.8. The number of nitrogens with zero attached hydrogens (tertiary/aromatic N) is 2. The minimum atomic E-state index is 0.247. The second-order valence-electron chi connectivity index (χ2n) is 9.61. The van der Waals surface area contributed by atoms with E-state index in [1.807, 2.05) is 12.1 Å². The van der Waals surface area contributed by atoms with Crippen LogP contribution in [0.2, 0.25) is 10.0 Å². The summed E-state index contributed by atoms with van der Waals surface area (Å²) in [5.41, 5.74) is 3.98. The highest BCUT2D eigenvalue weighted by Gasteiger charge is 2.38. The van der Waals surface area contributed by atoms with Gasteiger partial charge in [-0.05, 0) is 82.4 Å². The number of nitrogens with one attached hydrogen (secondary N) is 1. The third-order valence-electron chi connectivity index (χ3n) is 7.39. The van der Waals surface area contributed by atoms with Gasteiger partial charge in [-0.3, -0.25) is 4.90 Å². The molecule has 1 fully saturated rings. The zero-order valence-electron chi connectivity index (χ0n) is 19.5. The van der Waals surface area contributed by atoms with E-state index in [0.717, 1.165) is 41.9 Å². The van der Waals surface area contributed by atoms with Crippen LogP contribution in [0.5, 0.6) is 0 Å². The van der Waals surface area contributed by atoms with Gasteiger partial charge in [0, 0.05) is 40.2 Å². The molecule has 1 aromatic heterocycles. The lowest BCUT2D eigenvalue weighted by atomic mass is 9.74. The van der Waals surface area contributed by atoms with Gasteiger partial charge in [-0.25, -0.2) is 0 Å². The highest BCUT2D eigenvalue weighted by atomic mass is 35.5. The van der Waals surface area contributed by atoms with E-state index in [4.69, 9.17) is 23.2 Å². The first-order chi connectivity index (χ1) is 15.4. The lowest BCUT2D eigenvalue weighted by molar-refractivity contribution is 0.0484. The minimum Gasteiger partial charge on any atom is -0.361 e. The highest BCUT2D eigenvalue weighted by Crippen LogP contribution is 2.38. The summed E-state index contributed by atoms with van der Waals surface area (Å²) in [5, 5.41) is 2.52. The van der Waals surface area contributed by atoms with Crippen molar-refractivity contribution in [1.82, 2.24) is 14.8 Å². The molecule has 0 radical (unpaired) electrons. The smallest absolute Gasteiger partial charge is 0.0517 e. The number of hydrogen-bond acceptors (Lipinski definition) is 2. The largest absolute Gasteiger partial charge is 0.361 e. The summed E-state index contributed by atoms with van der Waals surface area (Å²) in [6.07, 6.45) is 9.30. The van der Waals surface area contributed by atoms with Crippen LogP contribution in [0.25, 0.3) is 10.9 Å². The van der Waals surface area contributed by atoms with Crippen molar-refractivity contribution >= 4 is 34.1 Å². The fraction of sp³-hybridized carbons (Fsp3) is 0.481. The molecular formula is C27H35Cl2N3. The number of fused-ring (bicyclic) bond motifs is 1. The van der Waals surface area contributed by atoms with Crippen molar-refractivity contribution in [3.05, 3.63) is 69.8 Å². The predicted octanol–water partition coefficient (Wildman–Crippen LogP) is 7.17. The molecule has 3 aromatic rings. The van der Waals surface area contributed by atoms with Gasteiger partial charge in [-0.15, -0.1) is 0 Å². The molecule has 0 aliphatic heterocycles. The van der Waals surface area contributed by atoms with Crippen LogP contribution in [0, 0.1) is 0 Å². The van der Waals surface area contributed by atoms with Gasteiger partial charge in [0.2, 0.25) is 0 Å². The molecule has 0 bridgehead atoms. The van der Waals surface area contributed by atoms with Crippen LogP contribution in [0.3, 0.4) is 0 Å². The number of rotatable bonds is 8. The van der Waals surface area contributed by atoms with Gasteiger partial charge in [0.05, 0.1) is 5.02 Å². The molecule has 5 heteroatoms. The lowest BCUT2D eigenvalue weighted by Crippen LogP contribution is -2.52. The molecule has 0 atom stereocenters. The van der Waals surface area contributed by atoms with Crippen LogP contribution in [0.4, 0.5) is 0 Å². The molecule has 2 aromatic carbocycles. The van der Waals surface area contributed by atoms with Crippen LogP contribution < -0.4 is 0 Å². The van der Waals surface area contributed by atoms with Crippen molar-refractivity contribution in [1.29, 1.82) is 0 Å². The van der Waals surface area contributed by atoms with Crippen LogP contribution in [-0.4, -0.2) is 47.0 Å². The van der Waals surface area contributed by atoms with Gasteiger partial charge in [0.15, 0.2) is 0 Å². The maximum Gasteiger partial charge on any atom is 0.0517 e. The summed E-state index contributed by atoms with van der Waals surface area (Å²) in [5.74, 6) is 0. The fourth-order valence-corrected chi connectivity index (χ4v) is 6.15.